The van der Waals surface area contributed by atoms with Gasteiger partial charge in [-0.2, -0.15) is 4.39 Å². The minimum atomic E-state index is -2.56. The van der Waals surface area contributed by atoms with Gasteiger partial charge < -0.3 is 20.5 Å². The summed E-state index contributed by atoms with van der Waals surface area (Å²) in [6, 6.07) is 3.11. The average Bonchev–Trinajstić information content (AvgIpc) is 3.59. The van der Waals surface area contributed by atoms with Crippen LogP contribution in [0.15, 0.2) is 35.7 Å². The molecular formula is C23H22FN7O2S. The highest BCUT2D eigenvalue weighted by molar-refractivity contribution is 8.15. The van der Waals surface area contributed by atoms with Gasteiger partial charge >= 0.3 is 0 Å². The Morgan fingerprint density at radius 2 is 2.32 bits per heavy atom. The molecule has 3 aromatic rings. The van der Waals surface area contributed by atoms with Gasteiger partial charge in [-0.3, -0.25) is 4.99 Å². The molecule has 0 spiro atoms. The molecule has 1 aliphatic carbocycles. The third-order valence-corrected chi connectivity index (χ3v) is 7.25. The Morgan fingerprint density at radius 3 is 3.15 bits per heavy atom. The third kappa shape index (κ3) is 3.78. The molecule has 11 heteroatoms. The Balaban J connectivity index is 1.44. The lowest BCUT2D eigenvalue weighted by Crippen LogP contribution is -2.37. The summed E-state index contributed by atoms with van der Waals surface area (Å²) in [6.45, 7) is -0.696. The molecule has 1 aliphatic heterocycles. The quantitative estimate of drug-likeness (QED) is 0.385. The van der Waals surface area contributed by atoms with Crippen LogP contribution in [-0.4, -0.2) is 50.1 Å². The molecule has 1 saturated carbocycles. The first-order chi connectivity index (χ1) is 18.2. The molecule has 0 radical (unpaired) electrons. The van der Waals surface area contributed by atoms with Gasteiger partial charge in [-0.15, -0.1) is 6.42 Å². The van der Waals surface area contributed by atoms with Gasteiger partial charge in [-0.1, -0.05) is 17.7 Å². The van der Waals surface area contributed by atoms with Gasteiger partial charge in [0.25, 0.3) is 0 Å². The second-order valence-electron chi connectivity index (χ2n) is 8.08. The summed E-state index contributed by atoms with van der Waals surface area (Å²) in [5.74, 6) is 1.08. The lowest BCUT2D eigenvalue weighted by Gasteiger charge is -2.33. The van der Waals surface area contributed by atoms with Crippen LogP contribution in [0, 0.1) is 24.2 Å². The van der Waals surface area contributed by atoms with Crippen LogP contribution in [0.1, 0.15) is 25.8 Å². The van der Waals surface area contributed by atoms with Crippen LogP contribution in [0.4, 0.5) is 15.9 Å². The Kier molecular flexibility index (Phi) is 4.19. The summed E-state index contributed by atoms with van der Waals surface area (Å²) in [7, 11) is -2.56. The number of methoxy groups -OCH3 is 1. The van der Waals surface area contributed by atoms with Crippen LogP contribution in [0.25, 0.3) is 11.0 Å². The highest BCUT2D eigenvalue weighted by atomic mass is 32.2. The molecule has 2 aliphatic rings. The second kappa shape index (κ2) is 8.38. The van der Waals surface area contributed by atoms with E-state index in [4.69, 9.17) is 28.5 Å². The fourth-order valence-electron chi connectivity index (χ4n) is 4.37. The zero-order valence-electron chi connectivity index (χ0n) is 22.9. The van der Waals surface area contributed by atoms with Gasteiger partial charge in [-0.05, 0) is 25.5 Å². The lowest BCUT2D eigenvalue weighted by molar-refractivity contribution is 0.184. The number of nitrogens with one attached hydrogen (secondary N) is 1. The maximum Gasteiger partial charge on any atom is 0.233 e. The second-order valence-corrected chi connectivity index (χ2v) is 9.52. The number of hydrogen-bond donors (Lipinski definition) is 2. The van der Waals surface area contributed by atoms with Gasteiger partial charge in [0, 0.05) is 24.7 Å². The van der Waals surface area contributed by atoms with E-state index >= 15 is 4.39 Å². The summed E-state index contributed by atoms with van der Waals surface area (Å²) in [4.78, 5) is 21.3. The van der Waals surface area contributed by atoms with Crippen LogP contribution in [-0.2, 0) is 10.3 Å². The van der Waals surface area contributed by atoms with Crippen molar-refractivity contribution in [3.05, 3.63) is 42.2 Å². The van der Waals surface area contributed by atoms with Gasteiger partial charge in [0.2, 0.25) is 11.8 Å². The minimum absolute atomic E-state index is 0.0785. The molecule has 4 heterocycles. The molecule has 3 aromatic heterocycles. The van der Waals surface area contributed by atoms with Gasteiger partial charge in [0.05, 0.1) is 47.3 Å². The molecule has 3 N–H and O–H groups in total. The van der Waals surface area contributed by atoms with E-state index in [-0.39, 0.29) is 35.0 Å². The summed E-state index contributed by atoms with van der Waals surface area (Å²) in [5.41, 5.74) is 6.24. The summed E-state index contributed by atoms with van der Waals surface area (Å²) < 4.78 is 61.9. The molecule has 34 heavy (non-hydrogen) atoms. The molecule has 0 aromatic carbocycles. The van der Waals surface area contributed by atoms with E-state index in [9.17, 15) is 0 Å². The Morgan fingerprint density at radius 1 is 1.44 bits per heavy atom. The van der Waals surface area contributed by atoms with Crippen molar-refractivity contribution in [2.24, 2.45) is 16.6 Å². The van der Waals surface area contributed by atoms with E-state index < -0.39 is 29.8 Å². The molecular weight excluding hydrogens is 457 g/mol. The number of ether oxygens (including phenoxy) is 2. The Bertz CT molecular complexity index is 1530. The van der Waals surface area contributed by atoms with E-state index in [2.05, 4.69) is 30.2 Å². The smallest absolute Gasteiger partial charge is 0.233 e. The number of amidine groups is 1. The van der Waals surface area contributed by atoms with Crippen molar-refractivity contribution in [1.82, 2.24) is 19.9 Å². The number of thioether (sulfide) groups is 1. The SMILES string of the molecule is [2H]C([2H])([2H])OC[C@]12C[C@H]1[C@@](C)(c1cc(Nc3nccc4nc(OC([2H])([2H])C#C)cnc34)cnc1F)N=C(N)S2. The van der Waals surface area contributed by atoms with E-state index in [1.165, 1.54) is 30.4 Å². The van der Waals surface area contributed by atoms with Crippen molar-refractivity contribution in [2.45, 2.75) is 23.6 Å². The van der Waals surface area contributed by atoms with Crippen molar-refractivity contribution in [3.63, 3.8) is 0 Å². The van der Waals surface area contributed by atoms with Crippen LogP contribution in [0.3, 0.4) is 0 Å². The number of rotatable bonds is 7. The monoisotopic (exact) mass is 484 g/mol. The topological polar surface area (TPSA) is 120 Å². The number of pyridine rings is 2. The Hall–Kier alpha value is -3.49. The highest BCUT2D eigenvalue weighted by Crippen LogP contribution is 2.65. The van der Waals surface area contributed by atoms with Crippen LogP contribution < -0.4 is 15.8 Å². The van der Waals surface area contributed by atoms with Crippen molar-refractivity contribution in [2.75, 3.05) is 25.5 Å². The Labute approximate surface area is 206 Å². The molecule has 0 bridgehead atoms. The van der Waals surface area contributed by atoms with Crippen molar-refractivity contribution in [3.8, 4) is 18.2 Å². The van der Waals surface area contributed by atoms with Crippen molar-refractivity contribution < 1.29 is 20.7 Å². The molecule has 5 rings (SSSR count). The normalized spacial score (nSPS) is 28.2. The minimum Gasteiger partial charge on any atom is -0.463 e. The van der Waals surface area contributed by atoms with Gasteiger partial charge in [0.1, 0.15) is 5.52 Å². The predicted molar refractivity (Wildman–Crippen MR) is 128 cm³/mol. The van der Waals surface area contributed by atoms with E-state index in [1.807, 2.05) is 5.92 Å². The summed E-state index contributed by atoms with van der Waals surface area (Å²) in [5, 5.41) is 3.27. The highest BCUT2D eigenvalue weighted by Gasteiger charge is 2.66. The number of terminal acetylenes is 1. The first kappa shape index (κ1) is 17.0. The standard InChI is InChI=1S/C23H22FN7O2S/c1-4-7-33-17-11-27-18-15(30-17)5-6-26-20(18)29-13-8-14(19(24)28-10-13)22(2)16-9-23(16,12-32-3)34-21(25)31-22/h1,5-6,8,10-11,16H,7,9,12H2,2-3H3,(H2,25,31)(H,26,29)/t16-,22+,23+/m0/s1/i3D3,7D2. The van der Waals surface area contributed by atoms with E-state index in [1.54, 1.807) is 19.1 Å². The van der Waals surface area contributed by atoms with Crippen molar-refractivity contribution in [1.29, 1.82) is 0 Å². The van der Waals surface area contributed by atoms with E-state index in [0.29, 0.717) is 23.1 Å². The molecule has 3 atom stereocenters. The molecule has 0 amide bonds. The summed E-state index contributed by atoms with van der Waals surface area (Å²) >= 11 is 1.24. The fraction of sp³-hybridized carbons (Fsp3) is 0.348. The largest absolute Gasteiger partial charge is 0.463 e. The maximum absolute atomic E-state index is 15.1. The number of halogens is 1. The number of hydrogen-bond acceptors (Lipinski definition) is 10. The summed E-state index contributed by atoms with van der Waals surface area (Å²) in [6.07, 6.45) is 9.63. The molecule has 1 fully saturated rings. The molecule has 174 valence electrons. The number of fused-ring (bicyclic) bond motifs is 2. The lowest BCUT2D eigenvalue weighted by atomic mass is 9.86. The molecule has 9 nitrogen and oxygen atoms in total. The first-order valence-electron chi connectivity index (χ1n) is 12.6. The van der Waals surface area contributed by atoms with Crippen molar-refractivity contribution >= 4 is 39.5 Å². The number of aliphatic imine (C=N–C) groups is 1. The zero-order chi connectivity index (χ0) is 28.2. The van der Waals surface area contributed by atoms with Crippen LogP contribution in [0.2, 0.25) is 0 Å². The van der Waals surface area contributed by atoms with Crippen LogP contribution in [0.5, 0.6) is 5.88 Å². The molecule has 0 unspecified atom stereocenters. The van der Waals surface area contributed by atoms with Crippen LogP contribution >= 0.6 is 11.8 Å². The maximum atomic E-state index is 15.1. The average molecular weight is 485 g/mol. The zero-order valence-corrected chi connectivity index (χ0v) is 18.7. The van der Waals surface area contributed by atoms with Gasteiger partial charge in [0.15, 0.2) is 17.5 Å². The number of nitrogens with two attached hydrogens (primary N) is 1. The fourth-order valence-corrected chi connectivity index (χ4v) is 5.76. The first-order valence-corrected chi connectivity index (χ1v) is 11.0. The van der Waals surface area contributed by atoms with Gasteiger partial charge in [-0.25, -0.2) is 19.9 Å². The number of anilines is 2. The number of aromatic nitrogens is 4. The predicted octanol–water partition coefficient (Wildman–Crippen LogP) is 3.00. The third-order valence-electron chi connectivity index (χ3n) is 5.97. The van der Waals surface area contributed by atoms with E-state index in [0.717, 1.165) is 0 Å². The molecule has 0 saturated heterocycles. The number of nitrogens with zero attached hydrogens (tertiary/aromatic N) is 5.